The number of hydrogen-bond donors (Lipinski definition) is 0. The van der Waals surface area contributed by atoms with E-state index in [-0.39, 0.29) is 17.6 Å². The number of aryl methyl sites for hydroxylation is 2. The zero-order valence-corrected chi connectivity index (χ0v) is 15.3. The number of ketones is 1. The van der Waals surface area contributed by atoms with E-state index in [1.165, 1.54) is 0 Å². The van der Waals surface area contributed by atoms with Crippen LogP contribution < -0.4 is 0 Å². The Labute approximate surface area is 156 Å². The van der Waals surface area contributed by atoms with Crippen LogP contribution in [-0.2, 0) is 18.4 Å². The highest BCUT2D eigenvalue weighted by atomic mass is 16.2. The summed E-state index contributed by atoms with van der Waals surface area (Å²) < 4.78 is 3.49. The van der Waals surface area contributed by atoms with Gasteiger partial charge in [0.1, 0.15) is 5.52 Å². The van der Waals surface area contributed by atoms with E-state index in [1.54, 1.807) is 26.5 Å². The van der Waals surface area contributed by atoms with Gasteiger partial charge in [0.25, 0.3) is 0 Å². The van der Waals surface area contributed by atoms with Crippen LogP contribution in [0.25, 0.3) is 11.0 Å². The lowest BCUT2D eigenvalue weighted by molar-refractivity contribution is -0.132. The topological polar surface area (TPSA) is 85.9 Å². The fourth-order valence-electron chi connectivity index (χ4n) is 3.65. The molecule has 1 amide bonds. The fraction of sp³-hybridized carbons (Fsp3) is 0.421. The van der Waals surface area contributed by atoms with Crippen molar-refractivity contribution in [2.45, 2.75) is 25.8 Å². The van der Waals surface area contributed by atoms with Gasteiger partial charge in [-0.15, -0.1) is 5.10 Å². The van der Waals surface area contributed by atoms with Crippen LogP contribution in [-0.4, -0.2) is 54.2 Å². The van der Waals surface area contributed by atoms with Gasteiger partial charge in [0.05, 0.1) is 12.1 Å². The van der Waals surface area contributed by atoms with E-state index in [2.05, 4.69) is 15.3 Å². The second kappa shape index (κ2) is 7.30. The molecule has 2 aromatic heterocycles. The quantitative estimate of drug-likeness (QED) is 0.641. The van der Waals surface area contributed by atoms with Crippen molar-refractivity contribution >= 4 is 22.7 Å². The number of Topliss-reactive ketones (excluding diaryl/α,β-unsaturated/α-hetero) is 1. The normalized spacial score (nSPS) is 17.4. The largest absolute Gasteiger partial charge is 0.342 e. The standard InChI is InChI=1S/C19H22N6O2/c1-23-12-9-20-19(23)18(27)14-5-4-10-24(13-14)17(26)8-11-25-16-7-3-2-6-15(16)21-22-25/h2-3,6-7,9,12,14H,4-5,8,10-11,13H2,1H3. The van der Waals surface area contributed by atoms with E-state index in [9.17, 15) is 9.59 Å². The highest BCUT2D eigenvalue weighted by Crippen LogP contribution is 2.21. The third-order valence-corrected chi connectivity index (χ3v) is 5.14. The van der Waals surface area contributed by atoms with E-state index < -0.39 is 0 Å². The number of para-hydroxylation sites is 1. The molecule has 0 spiro atoms. The molecule has 1 aliphatic rings. The van der Waals surface area contributed by atoms with Gasteiger partial charge in [0.15, 0.2) is 5.82 Å². The van der Waals surface area contributed by atoms with Crippen molar-refractivity contribution in [3.63, 3.8) is 0 Å². The smallest absolute Gasteiger partial charge is 0.224 e. The van der Waals surface area contributed by atoms with E-state index in [0.29, 0.717) is 31.9 Å². The summed E-state index contributed by atoms with van der Waals surface area (Å²) in [6.07, 6.45) is 5.36. The van der Waals surface area contributed by atoms with Gasteiger partial charge in [0.2, 0.25) is 11.7 Å². The molecule has 1 unspecified atom stereocenters. The van der Waals surface area contributed by atoms with Crippen molar-refractivity contribution in [3.05, 3.63) is 42.5 Å². The molecule has 4 rings (SSSR count). The van der Waals surface area contributed by atoms with Crippen LogP contribution in [0.1, 0.15) is 29.9 Å². The van der Waals surface area contributed by atoms with E-state index >= 15 is 0 Å². The maximum absolute atomic E-state index is 12.7. The van der Waals surface area contributed by atoms with Crippen LogP contribution in [0, 0.1) is 5.92 Å². The molecule has 0 bridgehead atoms. The summed E-state index contributed by atoms with van der Waals surface area (Å²) in [6, 6.07) is 7.70. The average molecular weight is 366 g/mol. The predicted molar refractivity (Wildman–Crippen MR) is 99.0 cm³/mol. The first-order chi connectivity index (χ1) is 13.1. The first-order valence-corrected chi connectivity index (χ1v) is 9.21. The van der Waals surface area contributed by atoms with Crippen molar-refractivity contribution in [3.8, 4) is 0 Å². The van der Waals surface area contributed by atoms with Crippen LogP contribution in [0.3, 0.4) is 0 Å². The first-order valence-electron chi connectivity index (χ1n) is 9.21. The number of imidazole rings is 1. The lowest BCUT2D eigenvalue weighted by Gasteiger charge is -2.32. The molecule has 1 saturated heterocycles. The second-order valence-corrected chi connectivity index (χ2v) is 6.96. The van der Waals surface area contributed by atoms with E-state index in [0.717, 1.165) is 23.9 Å². The minimum Gasteiger partial charge on any atom is -0.342 e. The Hall–Kier alpha value is -3.03. The van der Waals surface area contributed by atoms with Crippen LogP contribution in [0.15, 0.2) is 36.7 Å². The third kappa shape index (κ3) is 3.47. The Bertz CT molecular complexity index is 975. The molecule has 140 valence electrons. The van der Waals surface area contributed by atoms with E-state index in [4.69, 9.17) is 0 Å². The molecule has 0 saturated carbocycles. The number of carbonyl (C=O) groups is 2. The number of nitrogens with zero attached hydrogens (tertiary/aromatic N) is 6. The molecule has 1 aliphatic heterocycles. The molecule has 8 heteroatoms. The molecule has 1 fully saturated rings. The van der Waals surface area contributed by atoms with Gasteiger partial charge in [0, 0.05) is 44.9 Å². The minimum atomic E-state index is -0.184. The Kier molecular flexibility index (Phi) is 4.70. The number of rotatable bonds is 5. The molecule has 27 heavy (non-hydrogen) atoms. The van der Waals surface area contributed by atoms with Gasteiger partial charge in [-0.25, -0.2) is 9.67 Å². The Morgan fingerprint density at radius 2 is 2.11 bits per heavy atom. The third-order valence-electron chi connectivity index (χ3n) is 5.14. The number of fused-ring (bicyclic) bond motifs is 1. The van der Waals surface area contributed by atoms with Crippen molar-refractivity contribution in [1.82, 2.24) is 29.4 Å². The number of hydrogen-bond acceptors (Lipinski definition) is 5. The minimum absolute atomic E-state index is 0.0160. The highest BCUT2D eigenvalue weighted by Gasteiger charge is 2.30. The summed E-state index contributed by atoms with van der Waals surface area (Å²) in [5, 5.41) is 8.25. The zero-order chi connectivity index (χ0) is 18.8. The molecule has 3 aromatic rings. The summed E-state index contributed by atoms with van der Waals surface area (Å²) >= 11 is 0. The van der Waals surface area contributed by atoms with Crippen molar-refractivity contribution in [1.29, 1.82) is 0 Å². The molecule has 0 N–H and O–H groups in total. The summed E-state index contributed by atoms with van der Waals surface area (Å²) in [5.74, 6) is 0.341. The van der Waals surface area contributed by atoms with E-state index in [1.807, 2.05) is 31.3 Å². The highest BCUT2D eigenvalue weighted by molar-refractivity contribution is 5.95. The van der Waals surface area contributed by atoms with Gasteiger partial charge >= 0.3 is 0 Å². The monoisotopic (exact) mass is 366 g/mol. The van der Waals surface area contributed by atoms with Gasteiger partial charge < -0.3 is 9.47 Å². The van der Waals surface area contributed by atoms with Gasteiger partial charge in [-0.1, -0.05) is 17.3 Å². The van der Waals surface area contributed by atoms with Crippen molar-refractivity contribution in [2.75, 3.05) is 13.1 Å². The van der Waals surface area contributed by atoms with Gasteiger partial charge in [-0.05, 0) is 25.0 Å². The molecule has 8 nitrogen and oxygen atoms in total. The number of amides is 1. The Balaban J connectivity index is 1.38. The van der Waals surface area contributed by atoms with Crippen molar-refractivity contribution in [2.24, 2.45) is 13.0 Å². The van der Waals surface area contributed by atoms with Crippen LogP contribution >= 0.6 is 0 Å². The maximum Gasteiger partial charge on any atom is 0.224 e. The van der Waals surface area contributed by atoms with Gasteiger partial charge in [-0.3, -0.25) is 9.59 Å². The van der Waals surface area contributed by atoms with Crippen molar-refractivity contribution < 1.29 is 9.59 Å². The fourth-order valence-corrected chi connectivity index (χ4v) is 3.65. The lowest BCUT2D eigenvalue weighted by atomic mass is 9.93. The van der Waals surface area contributed by atoms with Gasteiger partial charge in [-0.2, -0.15) is 0 Å². The summed E-state index contributed by atoms with van der Waals surface area (Å²) in [6.45, 7) is 1.64. The molecule has 1 atom stereocenters. The molecule has 3 heterocycles. The number of piperidine rings is 1. The van der Waals surface area contributed by atoms with Crippen LogP contribution in [0.2, 0.25) is 0 Å². The Morgan fingerprint density at radius 1 is 1.26 bits per heavy atom. The summed E-state index contributed by atoms with van der Waals surface area (Å²) in [5.41, 5.74) is 1.75. The number of carbonyl (C=O) groups excluding carboxylic acids is 2. The summed E-state index contributed by atoms with van der Waals surface area (Å²) in [7, 11) is 1.81. The lowest BCUT2D eigenvalue weighted by Crippen LogP contribution is -2.43. The Morgan fingerprint density at radius 3 is 2.93 bits per heavy atom. The second-order valence-electron chi connectivity index (χ2n) is 6.96. The molecular weight excluding hydrogens is 344 g/mol. The summed E-state index contributed by atoms with van der Waals surface area (Å²) in [4.78, 5) is 31.3. The zero-order valence-electron chi connectivity index (χ0n) is 15.3. The van der Waals surface area contributed by atoms with Crippen LogP contribution in [0.5, 0.6) is 0 Å². The number of likely N-dealkylation sites (tertiary alicyclic amines) is 1. The number of aromatic nitrogens is 5. The van der Waals surface area contributed by atoms with Crippen LogP contribution in [0.4, 0.5) is 0 Å². The molecule has 1 aromatic carbocycles. The predicted octanol–water partition coefficient (Wildman–Crippen LogP) is 1.68. The number of benzene rings is 1. The maximum atomic E-state index is 12.7. The molecule has 0 radical (unpaired) electrons. The first kappa shape index (κ1) is 17.4. The molecule has 0 aliphatic carbocycles. The SMILES string of the molecule is Cn1ccnc1C(=O)C1CCCN(C(=O)CCn2nnc3ccccc32)C1. The molecular formula is C19H22N6O2. The average Bonchev–Trinajstić information content (AvgIpc) is 3.31.